The Hall–Kier alpha value is -1.31. The zero-order chi connectivity index (χ0) is 9.07. The fraction of sp³-hybridized carbons (Fsp3) is 0.333. The highest BCUT2D eigenvalue weighted by molar-refractivity contribution is 6.02. The van der Waals surface area contributed by atoms with Crippen molar-refractivity contribution in [3.05, 3.63) is 11.6 Å². The number of rotatable bonds is 1. The normalized spacial score (nSPS) is 12.5. The zero-order valence-electron chi connectivity index (χ0n) is 5.57. The summed E-state index contributed by atoms with van der Waals surface area (Å²) in [7, 11) is 0. The van der Waals surface area contributed by atoms with Crippen LogP contribution in [-0.2, 0) is 4.79 Å². The van der Waals surface area contributed by atoms with E-state index in [9.17, 15) is 18.0 Å². The zero-order valence-corrected chi connectivity index (χ0v) is 5.57. The van der Waals surface area contributed by atoms with Gasteiger partial charge in [0.15, 0.2) is 0 Å². The topological polar surface area (TPSA) is 40.9 Å². The lowest BCUT2D eigenvalue weighted by Crippen LogP contribution is -2.23. The molecule has 0 atom stereocenters. The molecule has 0 N–H and O–H groups in total. The van der Waals surface area contributed by atoms with E-state index in [1.54, 1.807) is 0 Å². The molecule has 0 rings (SSSR count). The minimum Gasteiger partial charge on any atom is -0.283 e. The highest BCUT2D eigenvalue weighted by Gasteiger charge is 2.40. The number of ketones is 1. The highest BCUT2D eigenvalue weighted by atomic mass is 19.4. The molecule has 0 aromatic carbocycles. The van der Waals surface area contributed by atoms with Crippen LogP contribution in [0.25, 0.3) is 0 Å². The van der Waals surface area contributed by atoms with E-state index in [0.29, 0.717) is 0 Å². The second-order valence-electron chi connectivity index (χ2n) is 1.64. The second-order valence-corrected chi connectivity index (χ2v) is 1.64. The number of nitriles is 1. The molecule has 60 valence electrons. The Bertz CT molecular complexity index is 233. The third-order valence-corrected chi connectivity index (χ3v) is 0.911. The maximum absolute atomic E-state index is 11.5. The lowest BCUT2D eigenvalue weighted by atomic mass is 10.2. The number of carbonyl (C=O) groups is 1. The molecule has 0 fully saturated rings. The molecule has 0 aliphatic carbocycles. The van der Waals surface area contributed by atoms with E-state index in [2.05, 4.69) is 0 Å². The van der Waals surface area contributed by atoms with E-state index in [-0.39, 0.29) is 0 Å². The Morgan fingerprint density at radius 2 is 2.00 bits per heavy atom. The van der Waals surface area contributed by atoms with Gasteiger partial charge >= 0.3 is 6.18 Å². The molecular weight excluding hydrogens is 159 g/mol. The largest absolute Gasteiger partial charge is 0.455 e. The van der Waals surface area contributed by atoms with Crippen LogP contribution in [0.2, 0.25) is 0 Å². The van der Waals surface area contributed by atoms with E-state index in [0.717, 1.165) is 12.1 Å². The maximum Gasteiger partial charge on any atom is 0.455 e. The molecule has 5 heteroatoms. The summed E-state index contributed by atoms with van der Waals surface area (Å²) in [4.78, 5) is 10.2. The second kappa shape index (κ2) is 3.19. The fourth-order valence-electron chi connectivity index (χ4n) is 0.399. The Morgan fingerprint density at radius 3 is 2.09 bits per heavy atom. The van der Waals surface area contributed by atoms with Crippen LogP contribution in [0, 0.1) is 11.3 Å². The van der Waals surface area contributed by atoms with Gasteiger partial charge in [-0.1, -0.05) is 6.08 Å². The fourth-order valence-corrected chi connectivity index (χ4v) is 0.399. The Labute approximate surface area is 60.9 Å². The van der Waals surface area contributed by atoms with Crippen molar-refractivity contribution in [2.75, 3.05) is 0 Å². The maximum atomic E-state index is 11.5. The first-order valence-electron chi connectivity index (χ1n) is 2.61. The summed E-state index contributed by atoms with van der Waals surface area (Å²) < 4.78 is 34.6. The molecule has 11 heavy (non-hydrogen) atoms. The summed E-state index contributed by atoms with van der Waals surface area (Å²) in [5, 5.41) is 8.02. The number of halogens is 3. The highest BCUT2D eigenvalue weighted by Crippen LogP contribution is 2.19. The lowest BCUT2D eigenvalue weighted by Gasteiger charge is -2.01. The number of carbonyl (C=O) groups excluding carboxylic acids is 1. The summed E-state index contributed by atoms with van der Waals surface area (Å²) in [6, 6.07) is 1.15. The molecular formula is C6H4F3NO. The van der Waals surface area contributed by atoms with Gasteiger partial charge in [0.2, 0.25) is 0 Å². The first kappa shape index (κ1) is 9.69. The minimum absolute atomic E-state index is 0.829. The van der Waals surface area contributed by atoms with Crippen molar-refractivity contribution in [1.82, 2.24) is 0 Å². The quantitative estimate of drug-likeness (QED) is 0.435. The molecule has 0 amide bonds. The molecule has 0 saturated heterocycles. The molecule has 2 nitrogen and oxygen atoms in total. The van der Waals surface area contributed by atoms with E-state index >= 15 is 0 Å². The summed E-state index contributed by atoms with van der Waals surface area (Å²) in [6.07, 6.45) is -4.12. The van der Waals surface area contributed by atoms with Crippen molar-refractivity contribution < 1.29 is 18.0 Å². The van der Waals surface area contributed by atoms with Gasteiger partial charge in [0.1, 0.15) is 11.6 Å². The van der Waals surface area contributed by atoms with Crippen molar-refractivity contribution in [1.29, 1.82) is 5.26 Å². The van der Waals surface area contributed by atoms with Crippen molar-refractivity contribution in [2.45, 2.75) is 13.1 Å². The van der Waals surface area contributed by atoms with Crippen LogP contribution in [0.5, 0.6) is 0 Å². The molecule has 0 aromatic rings. The Morgan fingerprint density at radius 1 is 1.55 bits per heavy atom. The monoisotopic (exact) mass is 163 g/mol. The molecule has 0 radical (unpaired) electrons. The smallest absolute Gasteiger partial charge is 0.283 e. The predicted octanol–water partition coefficient (Wildman–Crippen LogP) is 1.59. The first-order chi connectivity index (χ1) is 4.93. The summed E-state index contributed by atoms with van der Waals surface area (Å²) in [6.45, 7) is 1.20. The van der Waals surface area contributed by atoms with Crippen LogP contribution in [0.4, 0.5) is 13.2 Å². The SMILES string of the molecule is CC=C(C#N)C(=O)C(F)(F)F. The van der Waals surface area contributed by atoms with Gasteiger partial charge in [-0.05, 0) is 6.92 Å². The van der Waals surface area contributed by atoms with Gasteiger partial charge in [-0.25, -0.2) is 0 Å². The molecule has 0 bridgehead atoms. The van der Waals surface area contributed by atoms with Crippen LogP contribution >= 0.6 is 0 Å². The van der Waals surface area contributed by atoms with Crippen molar-refractivity contribution in [3.63, 3.8) is 0 Å². The van der Waals surface area contributed by atoms with Crippen molar-refractivity contribution in [2.24, 2.45) is 0 Å². The number of hydrogen-bond acceptors (Lipinski definition) is 2. The van der Waals surface area contributed by atoms with Gasteiger partial charge in [0.25, 0.3) is 5.78 Å². The molecule has 0 saturated carbocycles. The molecule has 0 heterocycles. The molecule has 0 unspecified atom stereocenters. The summed E-state index contributed by atoms with van der Waals surface area (Å²) >= 11 is 0. The Kier molecular flexibility index (Phi) is 2.81. The van der Waals surface area contributed by atoms with Gasteiger partial charge in [-0.3, -0.25) is 4.79 Å². The van der Waals surface area contributed by atoms with Crippen LogP contribution < -0.4 is 0 Å². The standard InChI is InChI=1S/C6H4F3NO/c1-2-4(3-10)5(11)6(7,8)9/h2H,1H3. The van der Waals surface area contributed by atoms with E-state index in [4.69, 9.17) is 5.26 Å². The van der Waals surface area contributed by atoms with Crippen molar-refractivity contribution in [3.8, 4) is 6.07 Å². The van der Waals surface area contributed by atoms with E-state index in [1.165, 1.54) is 6.92 Å². The summed E-state index contributed by atoms with van der Waals surface area (Å²) in [5.74, 6) is -2.09. The van der Waals surface area contributed by atoms with Crippen LogP contribution in [-0.4, -0.2) is 12.0 Å². The van der Waals surface area contributed by atoms with Crippen LogP contribution in [0.15, 0.2) is 11.6 Å². The van der Waals surface area contributed by atoms with E-state index in [1.807, 2.05) is 0 Å². The van der Waals surface area contributed by atoms with Crippen LogP contribution in [0.1, 0.15) is 6.92 Å². The van der Waals surface area contributed by atoms with Crippen molar-refractivity contribution >= 4 is 5.78 Å². The predicted molar refractivity (Wildman–Crippen MR) is 30.4 cm³/mol. The average molecular weight is 163 g/mol. The first-order valence-corrected chi connectivity index (χ1v) is 2.61. The van der Waals surface area contributed by atoms with Gasteiger partial charge < -0.3 is 0 Å². The molecule has 0 aliphatic heterocycles. The minimum atomic E-state index is -4.95. The number of allylic oxidation sites excluding steroid dienone is 2. The van der Waals surface area contributed by atoms with Gasteiger partial charge in [0.05, 0.1) is 0 Å². The molecule has 0 aliphatic rings. The number of alkyl halides is 3. The lowest BCUT2D eigenvalue weighted by molar-refractivity contribution is -0.166. The molecule has 0 aromatic heterocycles. The summed E-state index contributed by atoms with van der Waals surface area (Å²) in [5.41, 5.74) is -0.877. The van der Waals surface area contributed by atoms with Gasteiger partial charge in [-0.15, -0.1) is 0 Å². The van der Waals surface area contributed by atoms with Gasteiger partial charge in [0, 0.05) is 0 Å². The molecule has 0 spiro atoms. The third kappa shape index (κ3) is 2.42. The van der Waals surface area contributed by atoms with Crippen LogP contribution in [0.3, 0.4) is 0 Å². The third-order valence-electron chi connectivity index (χ3n) is 0.911. The Balaban J connectivity index is 4.67. The number of Topliss-reactive ketones (excluding diaryl/α,β-unsaturated/α-hetero) is 1. The number of nitrogens with zero attached hydrogens (tertiary/aromatic N) is 1. The average Bonchev–Trinajstić information content (AvgIpc) is 1.88. The van der Waals surface area contributed by atoms with E-state index < -0.39 is 17.5 Å². The van der Waals surface area contributed by atoms with Gasteiger partial charge in [-0.2, -0.15) is 18.4 Å². The number of hydrogen-bond donors (Lipinski definition) is 0.